The lowest BCUT2D eigenvalue weighted by Gasteiger charge is -2.42. The van der Waals surface area contributed by atoms with Crippen LogP contribution in [0.25, 0.3) is 0 Å². The molecule has 2 fully saturated rings. The molecule has 7 nitrogen and oxygen atoms in total. The molecule has 3 rings (SSSR count). The third kappa shape index (κ3) is 3.85. The van der Waals surface area contributed by atoms with Crippen LogP contribution < -0.4 is 10.1 Å². The number of nitrogens with zero attached hydrogens (tertiary/aromatic N) is 3. The van der Waals surface area contributed by atoms with Crippen LogP contribution in [0.3, 0.4) is 0 Å². The van der Waals surface area contributed by atoms with E-state index in [1.165, 1.54) is 12.8 Å². The van der Waals surface area contributed by atoms with E-state index in [0.29, 0.717) is 29.8 Å². The van der Waals surface area contributed by atoms with Crippen molar-refractivity contribution in [2.75, 3.05) is 25.5 Å². The summed E-state index contributed by atoms with van der Waals surface area (Å²) in [6, 6.07) is 2.35. The molecule has 2 aliphatic rings. The van der Waals surface area contributed by atoms with Crippen molar-refractivity contribution in [3.05, 3.63) is 12.3 Å². The van der Waals surface area contributed by atoms with Crippen molar-refractivity contribution in [3.8, 4) is 5.88 Å². The largest absolute Gasteiger partial charge is 0.481 e. The molecule has 0 amide bonds. The van der Waals surface area contributed by atoms with E-state index < -0.39 is 5.97 Å². The van der Waals surface area contributed by atoms with Crippen LogP contribution in [0.15, 0.2) is 12.3 Å². The maximum absolute atomic E-state index is 11.0. The number of aliphatic carboxylic acids is 1. The zero-order valence-corrected chi connectivity index (χ0v) is 12.7. The zero-order chi connectivity index (χ0) is 15.5. The molecule has 7 heteroatoms. The number of nitrogens with one attached hydrogen (secondary N) is 1. The summed E-state index contributed by atoms with van der Waals surface area (Å²) in [5.74, 6) is 1.06. The van der Waals surface area contributed by atoms with Crippen molar-refractivity contribution in [3.63, 3.8) is 0 Å². The van der Waals surface area contributed by atoms with E-state index in [2.05, 4.69) is 20.2 Å². The predicted octanol–water partition coefficient (Wildman–Crippen LogP) is 1.22. The van der Waals surface area contributed by atoms with Crippen molar-refractivity contribution < 1.29 is 14.6 Å². The van der Waals surface area contributed by atoms with E-state index in [-0.39, 0.29) is 6.54 Å². The molecular weight excluding hydrogens is 284 g/mol. The summed E-state index contributed by atoms with van der Waals surface area (Å²) < 4.78 is 5.08. The Morgan fingerprint density at radius 3 is 2.91 bits per heavy atom. The molecule has 1 aromatic heterocycles. The van der Waals surface area contributed by atoms with E-state index >= 15 is 0 Å². The van der Waals surface area contributed by atoms with Crippen LogP contribution in [0.4, 0.5) is 5.95 Å². The Balaban J connectivity index is 1.49. The van der Waals surface area contributed by atoms with Crippen LogP contribution in [-0.2, 0) is 4.79 Å². The van der Waals surface area contributed by atoms with Crippen molar-refractivity contribution in [1.82, 2.24) is 14.9 Å². The first kappa shape index (κ1) is 15.0. The molecule has 0 aliphatic heterocycles. The Hall–Kier alpha value is -1.89. The number of hydrogen-bond acceptors (Lipinski definition) is 6. The number of carboxylic acids is 1. The molecule has 0 saturated heterocycles. The van der Waals surface area contributed by atoms with E-state index in [9.17, 15) is 4.79 Å². The predicted molar refractivity (Wildman–Crippen MR) is 80.9 cm³/mol. The number of ether oxygens (including phenoxy) is 1. The highest BCUT2D eigenvalue weighted by atomic mass is 16.5. The molecule has 120 valence electrons. The molecule has 0 unspecified atom stereocenters. The van der Waals surface area contributed by atoms with Crippen LogP contribution in [0.2, 0.25) is 0 Å². The highest BCUT2D eigenvalue weighted by Gasteiger charge is 2.37. The number of carbonyl (C=O) groups is 1. The second-order valence-corrected chi connectivity index (χ2v) is 6.16. The first-order valence-corrected chi connectivity index (χ1v) is 7.73. The zero-order valence-electron chi connectivity index (χ0n) is 12.7. The number of hydrogen-bond donors (Lipinski definition) is 2. The Labute approximate surface area is 129 Å². The van der Waals surface area contributed by atoms with Crippen LogP contribution in [0, 0.1) is 5.92 Å². The molecule has 1 aromatic rings. The average molecular weight is 306 g/mol. The Morgan fingerprint density at radius 2 is 2.27 bits per heavy atom. The second-order valence-electron chi connectivity index (χ2n) is 6.16. The fraction of sp³-hybridized carbons (Fsp3) is 0.667. The third-order valence-electron chi connectivity index (χ3n) is 4.33. The lowest BCUT2D eigenvalue weighted by Crippen LogP contribution is -2.52. The Kier molecular flexibility index (Phi) is 4.42. The van der Waals surface area contributed by atoms with Gasteiger partial charge in [-0.1, -0.05) is 0 Å². The Morgan fingerprint density at radius 1 is 1.50 bits per heavy atom. The quantitative estimate of drug-likeness (QED) is 0.746. The lowest BCUT2D eigenvalue weighted by atomic mass is 9.85. The number of aromatic nitrogens is 2. The molecule has 0 radical (unpaired) electrons. The number of anilines is 1. The van der Waals surface area contributed by atoms with E-state index in [4.69, 9.17) is 9.84 Å². The van der Waals surface area contributed by atoms with Gasteiger partial charge in [-0.2, -0.15) is 4.98 Å². The normalized spacial score (nSPS) is 23.9. The van der Waals surface area contributed by atoms with Gasteiger partial charge in [-0.25, -0.2) is 4.98 Å². The highest BCUT2D eigenvalue weighted by molar-refractivity contribution is 5.69. The van der Waals surface area contributed by atoms with Gasteiger partial charge in [0, 0.05) is 30.9 Å². The number of carboxylic acid groups (broad SMARTS) is 1. The van der Waals surface area contributed by atoms with Gasteiger partial charge < -0.3 is 15.2 Å². The first-order valence-electron chi connectivity index (χ1n) is 7.73. The molecule has 0 atom stereocenters. The van der Waals surface area contributed by atoms with Crippen molar-refractivity contribution in [2.45, 2.75) is 37.8 Å². The van der Waals surface area contributed by atoms with Gasteiger partial charge in [0.25, 0.3) is 0 Å². The smallest absolute Gasteiger partial charge is 0.317 e. The van der Waals surface area contributed by atoms with Gasteiger partial charge in [-0.15, -0.1) is 0 Å². The fourth-order valence-corrected chi connectivity index (χ4v) is 2.86. The topological polar surface area (TPSA) is 87.6 Å². The summed E-state index contributed by atoms with van der Waals surface area (Å²) in [7, 11) is 1.58. The second kappa shape index (κ2) is 6.48. The monoisotopic (exact) mass is 306 g/mol. The summed E-state index contributed by atoms with van der Waals surface area (Å²) in [5, 5.41) is 12.3. The van der Waals surface area contributed by atoms with Gasteiger partial charge in [0.1, 0.15) is 0 Å². The number of rotatable bonds is 8. The average Bonchev–Trinajstić information content (AvgIpc) is 3.25. The minimum atomic E-state index is -0.742. The minimum Gasteiger partial charge on any atom is -0.481 e. The van der Waals surface area contributed by atoms with Gasteiger partial charge >= 0.3 is 5.97 Å². The standard InChI is InChI=1S/C15H22N4O3/c1-22-13-4-5-16-15(18-13)17-11-6-12(7-11)19(9-14(20)21)8-10-2-3-10/h4-5,10-12H,2-3,6-9H2,1H3,(H,20,21)(H,16,17,18). The molecule has 1 heterocycles. The van der Waals surface area contributed by atoms with Gasteiger partial charge in [0.05, 0.1) is 13.7 Å². The van der Waals surface area contributed by atoms with E-state index in [0.717, 1.165) is 19.4 Å². The fourth-order valence-electron chi connectivity index (χ4n) is 2.86. The maximum Gasteiger partial charge on any atom is 0.317 e. The summed E-state index contributed by atoms with van der Waals surface area (Å²) in [6.07, 6.45) is 6.00. The van der Waals surface area contributed by atoms with E-state index in [1.807, 2.05) is 0 Å². The van der Waals surface area contributed by atoms with Crippen molar-refractivity contribution >= 4 is 11.9 Å². The van der Waals surface area contributed by atoms with Gasteiger partial charge in [0.2, 0.25) is 11.8 Å². The number of methoxy groups -OCH3 is 1. The highest BCUT2D eigenvalue weighted by Crippen LogP contribution is 2.34. The molecule has 0 aromatic carbocycles. The summed E-state index contributed by atoms with van der Waals surface area (Å²) in [5.41, 5.74) is 0. The van der Waals surface area contributed by atoms with Gasteiger partial charge in [0.15, 0.2) is 0 Å². The van der Waals surface area contributed by atoms with Crippen LogP contribution in [0.5, 0.6) is 5.88 Å². The van der Waals surface area contributed by atoms with Crippen LogP contribution >= 0.6 is 0 Å². The van der Waals surface area contributed by atoms with Gasteiger partial charge in [-0.05, 0) is 31.6 Å². The summed E-state index contributed by atoms with van der Waals surface area (Å²) >= 11 is 0. The first-order chi connectivity index (χ1) is 10.6. The summed E-state index contributed by atoms with van der Waals surface area (Å²) in [4.78, 5) is 21.5. The molecule has 0 spiro atoms. The van der Waals surface area contributed by atoms with E-state index in [1.54, 1.807) is 19.4 Å². The maximum atomic E-state index is 11.0. The summed E-state index contributed by atoms with van der Waals surface area (Å²) in [6.45, 7) is 1.06. The lowest BCUT2D eigenvalue weighted by molar-refractivity contribution is -0.139. The molecular formula is C15H22N4O3. The molecule has 22 heavy (non-hydrogen) atoms. The SMILES string of the molecule is COc1ccnc(NC2CC(N(CC(=O)O)CC3CC3)C2)n1. The molecule has 0 bridgehead atoms. The Bertz CT molecular complexity index is 529. The van der Waals surface area contributed by atoms with Gasteiger partial charge in [-0.3, -0.25) is 9.69 Å². The van der Waals surface area contributed by atoms with Crippen LogP contribution in [0.1, 0.15) is 25.7 Å². The molecule has 2 aliphatic carbocycles. The third-order valence-corrected chi connectivity index (χ3v) is 4.33. The van der Waals surface area contributed by atoms with Crippen LogP contribution in [-0.4, -0.2) is 58.2 Å². The molecule has 2 N–H and O–H groups in total. The van der Waals surface area contributed by atoms with Crippen molar-refractivity contribution in [2.24, 2.45) is 5.92 Å². The minimum absolute atomic E-state index is 0.142. The van der Waals surface area contributed by atoms with Crippen molar-refractivity contribution in [1.29, 1.82) is 0 Å². The molecule has 2 saturated carbocycles.